The number of halogens is 1. The molecule has 0 unspecified atom stereocenters. The van der Waals surface area contributed by atoms with Crippen molar-refractivity contribution in [3.8, 4) is 5.75 Å². The minimum atomic E-state index is -3.61. The van der Waals surface area contributed by atoms with Crippen LogP contribution in [0.3, 0.4) is 0 Å². The number of pyridine rings is 1. The van der Waals surface area contributed by atoms with Crippen molar-refractivity contribution in [2.75, 3.05) is 13.4 Å². The van der Waals surface area contributed by atoms with E-state index in [2.05, 4.69) is 10.1 Å². The summed E-state index contributed by atoms with van der Waals surface area (Å²) in [7, 11) is -2.03. The SMILES string of the molecule is COc1ccc2nc(Cl)c([C@H]3CC(c4ccco4)=NN3S(C)(=O)=O)cc2c1. The van der Waals surface area contributed by atoms with Gasteiger partial charge in [0.05, 0.1) is 31.2 Å². The molecule has 140 valence electrons. The molecule has 0 radical (unpaired) electrons. The van der Waals surface area contributed by atoms with Gasteiger partial charge in [-0.3, -0.25) is 0 Å². The Morgan fingerprint density at radius 2 is 2.11 bits per heavy atom. The van der Waals surface area contributed by atoms with Crippen molar-refractivity contribution in [1.29, 1.82) is 0 Å². The quantitative estimate of drug-likeness (QED) is 0.619. The number of hydrogen-bond acceptors (Lipinski definition) is 6. The molecule has 3 heterocycles. The van der Waals surface area contributed by atoms with Crippen molar-refractivity contribution in [3.05, 3.63) is 59.1 Å². The van der Waals surface area contributed by atoms with E-state index in [1.165, 1.54) is 6.26 Å². The van der Waals surface area contributed by atoms with Gasteiger partial charge in [0.1, 0.15) is 22.4 Å². The maximum absolute atomic E-state index is 12.3. The molecular weight excluding hydrogens is 390 g/mol. The van der Waals surface area contributed by atoms with E-state index in [0.717, 1.165) is 16.1 Å². The van der Waals surface area contributed by atoms with Gasteiger partial charge in [0.2, 0.25) is 10.0 Å². The Labute approximate surface area is 161 Å². The van der Waals surface area contributed by atoms with Crippen molar-refractivity contribution in [1.82, 2.24) is 9.40 Å². The number of rotatable bonds is 4. The summed E-state index contributed by atoms with van der Waals surface area (Å²) in [6, 6.07) is 10.1. The zero-order valence-corrected chi connectivity index (χ0v) is 16.2. The molecule has 0 N–H and O–H groups in total. The number of hydrogen-bond donors (Lipinski definition) is 0. The third-order valence-electron chi connectivity index (χ3n) is 4.38. The van der Waals surface area contributed by atoms with Crippen LogP contribution < -0.4 is 4.74 Å². The second-order valence-electron chi connectivity index (χ2n) is 6.21. The van der Waals surface area contributed by atoms with Gasteiger partial charge in [-0.1, -0.05) is 11.6 Å². The molecule has 3 aromatic rings. The molecule has 1 aliphatic rings. The lowest BCUT2D eigenvalue weighted by Crippen LogP contribution is -2.26. The minimum absolute atomic E-state index is 0.238. The highest BCUT2D eigenvalue weighted by Gasteiger charge is 2.37. The lowest BCUT2D eigenvalue weighted by atomic mass is 10.0. The highest BCUT2D eigenvalue weighted by molar-refractivity contribution is 7.88. The van der Waals surface area contributed by atoms with E-state index < -0.39 is 16.1 Å². The second-order valence-corrected chi connectivity index (χ2v) is 8.40. The highest BCUT2D eigenvalue weighted by atomic mass is 35.5. The largest absolute Gasteiger partial charge is 0.497 e. The topological polar surface area (TPSA) is 85.0 Å². The predicted octanol–water partition coefficient (Wildman–Crippen LogP) is 3.60. The van der Waals surface area contributed by atoms with Gasteiger partial charge in [-0.15, -0.1) is 0 Å². The average molecular weight is 406 g/mol. The summed E-state index contributed by atoms with van der Waals surface area (Å²) in [6.45, 7) is 0. The number of fused-ring (bicyclic) bond motifs is 1. The maximum atomic E-state index is 12.3. The van der Waals surface area contributed by atoms with Gasteiger partial charge >= 0.3 is 0 Å². The standard InChI is InChI=1S/C18H16ClN3O4S/c1-25-12-5-6-14-11(8-12)9-13(18(19)20-14)16-10-15(17-4-3-7-26-17)21-22(16)27(2,23)24/h3-9,16H,10H2,1-2H3/t16-/m1/s1. The van der Waals surface area contributed by atoms with Crippen LogP contribution in [0.2, 0.25) is 5.15 Å². The van der Waals surface area contributed by atoms with E-state index in [1.807, 2.05) is 12.1 Å². The van der Waals surface area contributed by atoms with Crippen molar-refractivity contribution >= 4 is 38.2 Å². The van der Waals surface area contributed by atoms with E-state index >= 15 is 0 Å². The van der Waals surface area contributed by atoms with E-state index in [9.17, 15) is 8.42 Å². The molecule has 1 atom stereocenters. The van der Waals surface area contributed by atoms with Crippen LogP contribution in [-0.2, 0) is 10.0 Å². The number of methoxy groups -OCH3 is 1. The van der Waals surface area contributed by atoms with Crippen LogP contribution in [0.1, 0.15) is 23.8 Å². The predicted molar refractivity (Wildman–Crippen MR) is 103 cm³/mol. The molecule has 0 spiro atoms. The molecule has 7 nitrogen and oxygen atoms in total. The molecular formula is C18H16ClN3O4S. The summed E-state index contributed by atoms with van der Waals surface area (Å²) >= 11 is 6.41. The normalized spacial score (nSPS) is 17.4. The van der Waals surface area contributed by atoms with Crippen LogP contribution in [0.5, 0.6) is 5.75 Å². The van der Waals surface area contributed by atoms with E-state index in [4.69, 9.17) is 20.8 Å². The Morgan fingerprint density at radius 1 is 1.30 bits per heavy atom. The molecule has 0 saturated heterocycles. The highest BCUT2D eigenvalue weighted by Crippen LogP contribution is 2.38. The van der Waals surface area contributed by atoms with Crippen LogP contribution in [0.15, 0.2) is 52.2 Å². The summed E-state index contributed by atoms with van der Waals surface area (Å²) < 4.78 is 36.3. The third kappa shape index (κ3) is 3.26. The van der Waals surface area contributed by atoms with Gasteiger partial charge in [0, 0.05) is 17.4 Å². The smallest absolute Gasteiger partial charge is 0.247 e. The first-order valence-electron chi connectivity index (χ1n) is 8.12. The number of aromatic nitrogens is 1. The number of ether oxygens (including phenoxy) is 1. The van der Waals surface area contributed by atoms with Crippen LogP contribution in [0.25, 0.3) is 10.9 Å². The zero-order chi connectivity index (χ0) is 19.2. The van der Waals surface area contributed by atoms with Crippen molar-refractivity contribution in [3.63, 3.8) is 0 Å². The van der Waals surface area contributed by atoms with Gasteiger partial charge in [-0.25, -0.2) is 13.4 Å². The summed E-state index contributed by atoms with van der Waals surface area (Å²) in [6.07, 6.45) is 2.96. The van der Waals surface area contributed by atoms with E-state index in [0.29, 0.717) is 34.7 Å². The minimum Gasteiger partial charge on any atom is -0.497 e. The summed E-state index contributed by atoms with van der Waals surface area (Å²) in [4.78, 5) is 4.41. The van der Waals surface area contributed by atoms with Crippen molar-refractivity contribution < 1.29 is 17.6 Å². The molecule has 0 aliphatic carbocycles. The Bertz CT molecular complexity index is 1140. The molecule has 0 fully saturated rings. The number of furan rings is 1. The Balaban J connectivity index is 1.82. The Morgan fingerprint density at radius 3 is 2.78 bits per heavy atom. The molecule has 0 saturated carbocycles. The van der Waals surface area contributed by atoms with Crippen LogP contribution in [0.4, 0.5) is 0 Å². The summed E-state index contributed by atoms with van der Waals surface area (Å²) in [5.74, 6) is 1.20. The summed E-state index contributed by atoms with van der Waals surface area (Å²) in [5.41, 5.74) is 1.81. The van der Waals surface area contributed by atoms with E-state index in [-0.39, 0.29) is 5.15 Å². The molecule has 0 bridgehead atoms. The molecule has 9 heteroatoms. The first-order chi connectivity index (χ1) is 12.9. The Kier molecular flexibility index (Phi) is 4.32. The van der Waals surface area contributed by atoms with E-state index in [1.54, 1.807) is 31.4 Å². The molecule has 0 amide bonds. The molecule has 2 aromatic heterocycles. The molecule has 1 aliphatic heterocycles. The van der Waals surface area contributed by atoms with Gasteiger partial charge < -0.3 is 9.15 Å². The number of nitrogens with zero attached hydrogens (tertiary/aromatic N) is 3. The van der Waals surface area contributed by atoms with Crippen LogP contribution >= 0.6 is 11.6 Å². The summed E-state index contributed by atoms with van der Waals surface area (Å²) in [5, 5.41) is 5.31. The second kappa shape index (κ2) is 6.54. The van der Waals surface area contributed by atoms with Gasteiger partial charge in [0.15, 0.2) is 0 Å². The zero-order valence-electron chi connectivity index (χ0n) is 14.6. The van der Waals surface area contributed by atoms with Gasteiger partial charge in [-0.05, 0) is 36.4 Å². The first-order valence-corrected chi connectivity index (χ1v) is 10.3. The fourth-order valence-corrected chi connectivity index (χ4v) is 4.29. The molecule has 27 heavy (non-hydrogen) atoms. The monoisotopic (exact) mass is 405 g/mol. The van der Waals surface area contributed by atoms with Crippen LogP contribution in [-0.4, -0.2) is 36.9 Å². The average Bonchev–Trinajstić information content (AvgIpc) is 3.29. The Hall–Kier alpha value is -2.58. The van der Waals surface area contributed by atoms with Gasteiger partial charge in [-0.2, -0.15) is 9.52 Å². The lowest BCUT2D eigenvalue weighted by molar-refractivity contribution is 0.374. The fraction of sp³-hybridized carbons (Fsp3) is 0.222. The lowest BCUT2D eigenvalue weighted by Gasteiger charge is -2.22. The molecule has 4 rings (SSSR count). The number of benzene rings is 1. The first kappa shape index (κ1) is 17.8. The molecule has 1 aromatic carbocycles. The fourth-order valence-electron chi connectivity index (χ4n) is 3.13. The number of sulfonamides is 1. The third-order valence-corrected chi connectivity index (χ3v) is 5.70. The van der Waals surface area contributed by atoms with Crippen molar-refractivity contribution in [2.45, 2.75) is 12.5 Å². The maximum Gasteiger partial charge on any atom is 0.247 e. The van der Waals surface area contributed by atoms with Gasteiger partial charge in [0.25, 0.3) is 0 Å². The van der Waals surface area contributed by atoms with Crippen molar-refractivity contribution in [2.24, 2.45) is 5.10 Å². The number of hydrazone groups is 1. The van der Waals surface area contributed by atoms with Crippen LogP contribution in [0, 0.1) is 0 Å².